The van der Waals surface area contributed by atoms with Crippen molar-refractivity contribution in [3.8, 4) is 0 Å². The summed E-state index contributed by atoms with van der Waals surface area (Å²) in [6, 6.07) is 0. The SMILES string of the molecule is [CH2]C(CC)CCCCCCCCCCCCCCCCCC. The summed E-state index contributed by atoms with van der Waals surface area (Å²) in [5, 5.41) is 0. The van der Waals surface area contributed by atoms with Crippen LogP contribution in [0.2, 0.25) is 0 Å². The molecular weight excluding hydrogens is 264 g/mol. The van der Waals surface area contributed by atoms with E-state index in [1.807, 2.05) is 0 Å². The van der Waals surface area contributed by atoms with Crippen molar-refractivity contribution in [1.29, 1.82) is 0 Å². The molecule has 0 fully saturated rings. The Morgan fingerprint density at radius 2 is 0.818 bits per heavy atom. The molecule has 0 aliphatic carbocycles. The molecule has 0 saturated carbocycles. The minimum absolute atomic E-state index is 0.701. The van der Waals surface area contributed by atoms with Gasteiger partial charge in [-0.2, -0.15) is 0 Å². The van der Waals surface area contributed by atoms with Crippen molar-refractivity contribution in [3.63, 3.8) is 0 Å². The Morgan fingerprint density at radius 1 is 0.500 bits per heavy atom. The van der Waals surface area contributed by atoms with Gasteiger partial charge in [0.05, 0.1) is 0 Å². The standard InChI is InChI=1S/C22H45/c1-4-6-7-8-9-10-11-12-13-14-15-16-17-18-19-20-21-22(3)5-2/h22H,3-21H2,1-2H3. The van der Waals surface area contributed by atoms with Crippen LogP contribution in [0.15, 0.2) is 0 Å². The van der Waals surface area contributed by atoms with Crippen molar-refractivity contribution in [1.82, 2.24) is 0 Å². The molecule has 22 heavy (non-hydrogen) atoms. The second-order valence-electron chi connectivity index (χ2n) is 7.37. The van der Waals surface area contributed by atoms with E-state index in [1.54, 1.807) is 0 Å². The predicted octanol–water partition coefficient (Wildman–Crippen LogP) is 8.50. The van der Waals surface area contributed by atoms with Gasteiger partial charge < -0.3 is 0 Å². The first-order chi connectivity index (χ1) is 10.8. The molecular formula is C22H45. The van der Waals surface area contributed by atoms with Gasteiger partial charge in [0.25, 0.3) is 0 Å². The van der Waals surface area contributed by atoms with Gasteiger partial charge in [-0.15, -0.1) is 0 Å². The fourth-order valence-electron chi connectivity index (χ4n) is 3.19. The molecule has 0 heteroatoms. The van der Waals surface area contributed by atoms with Gasteiger partial charge in [-0.25, -0.2) is 0 Å². The first kappa shape index (κ1) is 22.0. The molecule has 0 aromatic heterocycles. The highest BCUT2D eigenvalue weighted by molar-refractivity contribution is 4.58. The largest absolute Gasteiger partial charge is 0.0654 e. The van der Waals surface area contributed by atoms with Crippen molar-refractivity contribution in [3.05, 3.63) is 6.92 Å². The molecule has 0 aromatic rings. The van der Waals surface area contributed by atoms with Gasteiger partial charge >= 0.3 is 0 Å². The number of hydrogen-bond donors (Lipinski definition) is 0. The molecule has 1 atom stereocenters. The molecule has 0 spiro atoms. The van der Waals surface area contributed by atoms with E-state index in [1.165, 1.54) is 116 Å². The summed E-state index contributed by atoms with van der Waals surface area (Å²) in [5.41, 5.74) is 0. The summed E-state index contributed by atoms with van der Waals surface area (Å²) in [6.45, 7) is 8.71. The van der Waals surface area contributed by atoms with E-state index < -0.39 is 0 Å². The Kier molecular flexibility index (Phi) is 19.0. The van der Waals surface area contributed by atoms with Crippen LogP contribution in [0.1, 0.15) is 129 Å². The molecule has 0 amide bonds. The molecule has 0 rings (SSSR count). The smallest absolute Gasteiger partial charge is 0.0417 e. The van der Waals surface area contributed by atoms with Crippen molar-refractivity contribution in [2.45, 2.75) is 129 Å². The predicted molar refractivity (Wildman–Crippen MR) is 103 cm³/mol. The maximum absolute atomic E-state index is 4.16. The van der Waals surface area contributed by atoms with E-state index in [2.05, 4.69) is 20.8 Å². The zero-order valence-corrected chi connectivity index (χ0v) is 16.0. The lowest BCUT2D eigenvalue weighted by molar-refractivity contribution is 0.497. The third-order valence-corrected chi connectivity index (χ3v) is 5.04. The fourth-order valence-corrected chi connectivity index (χ4v) is 3.19. The average Bonchev–Trinajstić information content (AvgIpc) is 2.54. The molecule has 0 aromatic carbocycles. The molecule has 1 unspecified atom stereocenters. The molecule has 0 aliphatic rings. The normalized spacial score (nSPS) is 12.7. The van der Waals surface area contributed by atoms with Crippen LogP contribution >= 0.6 is 0 Å². The Bertz CT molecular complexity index is 184. The summed E-state index contributed by atoms with van der Waals surface area (Å²) in [6.07, 6.45) is 25.9. The van der Waals surface area contributed by atoms with Gasteiger partial charge in [0.2, 0.25) is 0 Å². The van der Waals surface area contributed by atoms with Gasteiger partial charge in [-0.1, -0.05) is 136 Å². The topological polar surface area (TPSA) is 0 Å². The summed E-state index contributed by atoms with van der Waals surface area (Å²) in [5.74, 6) is 0.701. The monoisotopic (exact) mass is 309 g/mol. The van der Waals surface area contributed by atoms with E-state index in [-0.39, 0.29) is 0 Å². The summed E-state index contributed by atoms with van der Waals surface area (Å²) in [7, 11) is 0. The van der Waals surface area contributed by atoms with Crippen LogP contribution in [0.3, 0.4) is 0 Å². The second kappa shape index (κ2) is 19.0. The van der Waals surface area contributed by atoms with Crippen LogP contribution < -0.4 is 0 Å². The highest BCUT2D eigenvalue weighted by Crippen LogP contribution is 2.15. The molecule has 0 heterocycles. The molecule has 133 valence electrons. The molecule has 0 N–H and O–H groups in total. The zero-order chi connectivity index (χ0) is 16.3. The van der Waals surface area contributed by atoms with Crippen LogP contribution in [0.4, 0.5) is 0 Å². The lowest BCUT2D eigenvalue weighted by Crippen LogP contribution is -1.92. The van der Waals surface area contributed by atoms with Crippen LogP contribution in [0.25, 0.3) is 0 Å². The second-order valence-corrected chi connectivity index (χ2v) is 7.37. The lowest BCUT2D eigenvalue weighted by atomic mass is 9.99. The molecule has 0 aliphatic heterocycles. The zero-order valence-electron chi connectivity index (χ0n) is 16.0. The lowest BCUT2D eigenvalue weighted by Gasteiger charge is -2.07. The van der Waals surface area contributed by atoms with Gasteiger partial charge in [0.1, 0.15) is 0 Å². The van der Waals surface area contributed by atoms with E-state index in [9.17, 15) is 0 Å². The average molecular weight is 310 g/mol. The first-order valence-corrected chi connectivity index (χ1v) is 10.6. The van der Waals surface area contributed by atoms with Crippen LogP contribution in [-0.2, 0) is 0 Å². The first-order valence-electron chi connectivity index (χ1n) is 10.6. The van der Waals surface area contributed by atoms with Gasteiger partial charge in [0, 0.05) is 0 Å². The fraction of sp³-hybridized carbons (Fsp3) is 0.955. The third kappa shape index (κ3) is 18.1. The van der Waals surface area contributed by atoms with Crippen LogP contribution in [0.5, 0.6) is 0 Å². The number of hydrogen-bond acceptors (Lipinski definition) is 0. The Balaban J connectivity index is 2.97. The molecule has 0 nitrogen and oxygen atoms in total. The minimum atomic E-state index is 0.701. The quantitative estimate of drug-likeness (QED) is 0.223. The van der Waals surface area contributed by atoms with Crippen molar-refractivity contribution >= 4 is 0 Å². The maximum Gasteiger partial charge on any atom is -0.0417 e. The van der Waals surface area contributed by atoms with Crippen molar-refractivity contribution in [2.75, 3.05) is 0 Å². The van der Waals surface area contributed by atoms with Gasteiger partial charge in [-0.3, -0.25) is 0 Å². The van der Waals surface area contributed by atoms with E-state index in [0.29, 0.717) is 5.92 Å². The Hall–Kier alpha value is 0. The summed E-state index contributed by atoms with van der Waals surface area (Å²) in [4.78, 5) is 0. The van der Waals surface area contributed by atoms with Crippen molar-refractivity contribution in [2.24, 2.45) is 5.92 Å². The van der Waals surface area contributed by atoms with E-state index >= 15 is 0 Å². The van der Waals surface area contributed by atoms with Gasteiger partial charge in [0.15, 0.2) is 0 Å². The Morgan fingerprint density at radius 3 is 1.14 bits per heavy atom. The van der Waals surface area contributed by atoms with Crippen molar-refractivity contribution < 1.29 is 0 Å². The maximum atomic E-state index is 4.16. The van der Waals surface area contributed by atoms with Crippen LogP contribution in [0, 0.1) is 12.8 Å². The minimum Gasteiger partial charge on any atom is -0.0654 e. The van der Waals surface area contributed by atoms with E-state index in [4.69, 9.17) is 0 Å². The third-order valence-electron chi connectivity index (χ3n) is 5.04. The molecule has 0 bridgehead atoms. The summed E-state index contributed by atoms with van der Waals surface area (Å²) >= 11 is 0. The highest BCUT2D eigenvalue weighted by Gasteiger charge is 1.98. The number of rotatable bonds is 18. The van der Waals surface area contributed by atoms with E-state index in [0.717, 1.165) is 0 Å². The number of unbranched alkanes of at least 4 members (excludes halogenated alkanes) is 15. The molecule has 1 radical (unpaired) electrons. The van der Waals surface area contributed by atoms with Crippen LogP contribution in [-0.4, -0.2) is 0 Å². The molecule has 0 saturated heterocycles. The highest BCUT2D eigenvalue weighted by atomic mass is 14.0. The summed E-state index contributed by atoms with van der Waals surface area (Å²) < 4.78 is 0. The van der Waals surface area contributed by atoms with Gasteiger partial charge in [-0.05, 0) is 5.92 Å². The Labute approximate surface area is 142 Å².